The van der Waals surface area contributed by atoms with Crippen LogP contribution in [0.4, 0.5) is 11.4 Å². The summed E-state index contributed by atoms with van der Waals surface area (Å²) in [4.78, 5) is 3.47. The van der Waals surface area contributed by atoms with Gasteiger partial charge in [-0.05, 0) is 57.6 Å². The van der Waals surface area contributed by atoms with Gasteiger partial charge in [-0.1, -0.05) is 103 Å². The van der Waals surface area contributed by atoms with Gasteiger partial charge >= 0.3 is 0 Å². The normalized spacial score (nSPS) is 10.6. The van der Waals surface area contributed by atoms with Crippen LogP contribution in [0.1, 0.15) is 5.56 Å². The molecule has 36 heavy (non-hydrogen) atoms. The van der Waals surface area contributed by atoms with E-state index in [0.29, 0.717) is 28.8 Å². The first-order chi connectivity index (χ1) is 17.6. The molecule has 0 spiro atoms. The zero-order chi connectivity index (χ0) is 24.9. The van der Waals surface area contributed by atoms with E-state index in [1.165, 1.54) is 0 Å². The Hall–Kier alpha value is -4.52. The number of benzene rings is 5. The van der Waals surface area contributed by atoms with Gasteiger partial charge in [-0.15, -0.1) is 0 Å². The predicted molar refractivity (Wildman–Crippen MR) is 149 cm³/mol. The summed E-state index contributed by atoms with van der Waals surface area (Å²) >= 11 is 6.02. The van der Waals surface area contributed by atoms with E-state index in [-0.39, 0.29) is 0 Å². The molecule has 174 valence electrons. The average molecular weight is 487 g/mol. The molecule has 0 bridgehead atoms. The van der Waals surface area contributed by atoms with Crippen LogP contribution >= 0.6 is 11.6 Å². The largest absolute Gasteiger partial charge is 0.487 e. The van der Waals surface area contributed by atoms with Gasteiger partial charge in [0.25, 0.3) is 0 Å². The fraction of sp³-hybridized carbons (Fsp3) is 0.0312. The topological polar surface area (TPSA) is 39.6 Å². The summed E-state index contributed by atoms with van der Waals surface area (Å²) in [6.45, 7) is 7.53. The molecular formula is C32H23ClN2O. The number of anilines is 1. The molecule has 0 aromatic heterocycles. The SMILES string of the molecule is [C-]#[N+]c1ccc(-c2ccc(-c3cc(OCc4ccc(Cl)cc4)c(N)c(-c4ccccc4)c3)cc2)cc1. The smallest absolute Gasteiger partial charge is 0.187 e. The number of nitrogen functional groups attached to an aromatic ring is 1. The van der Waals surface area contributed by atoms with Crippen molar-refractivity contribution in [1.82, 2.24) is 0 Å². The molecule has 5 aromatic carbocycles. The van der Waals surface area contributed by atoms with Gasteiger partial charge in [0, 0.05) is 10.6 Å². The minimum Gasteiger partial charge on any atom is -0.487 e. The fourth-order valence-electron chi connectivity index (χ4n) is 4.09. The zero-order valence-corrected chi connectivity index (χ0v) is 20.2. The van der Waals surface area contributed by atoms with Crippen LogP contribution in [0.3, 0.4) is 0 Å². The van der Waals surface area contributed by atoms with Crippen LogP contribution in [0.5, 0.6) is 5.75 Å². The quantitative estimate of drug-likeness (QED) is 0.192. The molecule has 4 heteroatoms. The van der Waals surface area contributed by atoms with Gasteiger partial charge in [-0.3, -0.25) is 0 Å². The van der Waals surface area contributed by atoms with E-state index in [1.807, 2.05) is 84.9 Å². The van der Waals surface area contributed by atoms with Crippen molar-refractivity contribution in [1.29, 1.82) is 0 Å². The number of ether oxygens (including phenoxy) is 1. The molecule has 0 saturated heterocycles. The third-order valence-corrected chi connectivity index (χ3v) is 6.33. The number of rotatable bonds is 6. The highest BCUT2D eigenvalue weighted by Gasteiger charge is 2.13. The van der Waals surface area contributed by atoms with Crippen molar-refractivity contribution in [3.63, 3.8) is 0 Å². The Bertz CT molecular complexity index is 1520. The van der Waals surface area contributed by atoms with Crippen LogP contribution < -0.4 is 10.5 Å². The molecule has 2 N–H and O–H groups in total. The first-order valence-corrected chi connectivity index (χ1v) is 11.9. The first kappa shape index (κ1) is 23.2. The van der Waals surface area contributed by atoms with Crippen molar-refractivity contribution in [3.05, 3.63) is 137 Å². The summed E-state index contributed by atoms with van der Waals surface area (Å²) in [6.07, 6.45) is 0. The molecule has 0 aliphatic carbocycles. The highest BCUT2D eigenvalue weighted by Crippen LogP contribution is 2.39. The van der Waals surface area contributed by atoms with Crippen LogP contribution in [-0.4, -0.2) is 0 Å². The van der Waals surface area contributed by atoms with Crippen molar-refractivity contribution in [2.24, 2.45) is 0 Å². The van der Waals surface area contributed by atoms with Crippen molar-refractivity contribution in [2.45, 2.75) is 6.61 Å². The fourth-order valence-corrected chi connectivity index (χ4v) is 4.22. The van der Waals surface area contributed by atoms with Gasteiger partial charge in [0.1, 0.15) is 12.4 Å². The van der Waals surface area contributed by atoms with Gasteiger partial charge < -0.3 is 10.5 Å². The monoisotopic (exact) mass is 486 g/mol. The first-order valence-electron chi connectivity index (χ1n) is 11.6. The number of hydrogen-bond acceptors (Lipinski definition) is 2. The second kappa shape index (κ2) is 10.4. The maximum Gasteiger partial charge on any atom is 0.187 e. The lowest BCUT2D eigenvalue weighted by atomic mass is 9.95. The van der Waals surface area contributed by atoms with Gasteiger partial charge in [0.2, 0.25) is 0 Å². The Balaban J connectivity index is 1.50. The van der Waals surface area contributed by atoms with Crippen LogP contribution in [0.25, 0.3) is 38.2 Å². The van der Waals surface area contributed by atoms with Crippen LogP contribution in [0.15, 0.2) is 115 Å². The summed E-state index contributed by atoms with van der Waals surface area (Å²) in [5.74, 6) is 0.639. The molecular weight excluding hydrogens is 464 g/mol. The molecule has 0 fully saturated rings. The second-order valence-corrected chi connectivity index (χ2v) is 8.89. The highest BCUT2D eigenvalue weighted by atomic mass is 35.5. The Morgan fingerprint density at radius 2 is 1.25 bits per heavy atom. The molecule has 0 amide bonds. The van der Waals surface area contributed by atoms with Gasteiger partial charge in [0.15, 0.2) is 5.69 Å². The zero-order valence-electron chi connectivity index (χ0n) is 19.5. The standard InChI is InChI=1S/C32H23ClN2O/c1-35-29-17-13-24(14-18-29)23-9-11-25(12-10-23)27-19-30(26-5-3-2-4-6-26)32(34)31(20-27)36-21-22-7-15-28(33)16-8-22/h2-20H,21,34H2. The Kier molecular flexibility index (Phi) is 6.71. The molecule has 0 aliphatic heterocycles. The van der Waals surface area contributed by atoms with E-state index in [2.05, 4.69) is 35.2 Å². The Labute approximate surface area is 216 Å². The maximum atomic E-state index is 7.14. The molecule has 0 unspecified atom stereocenters. The predicted octanol–water partition coefficient (Wildman–Crippen LogP) is 9.05. The summed E-state index contributed by atoms with van der Waals surface area (Å²) < 4.78 is 6.21. The lowest BCUT2D eigenvalue weighted by Gasteiger charge is -2.16. The second-order valence-electron chi connectivity index (χ2n) is 8.45. The highest BCUT2D eigenvalue weighted by molar-refractivity contribution is 6.30. The van der Waals surface area contributed by atoms with Gasteiger partial charge in [-0.2, -0.15) is 0 Å². The summed E-state index contributed by atoms with van der Waals surface area (Å²) in [7, 11) is 0. The lowest BCUT2D eigenvalue weighted by Crippen LogP contribution is -2.01. The van der Waals surface area contributed by atoms with Crippen molar-refractivity contribution in [2.75, 3.05) is 5.73 Å². The van der Waals surface area contributed by atoms with E-state index < -0.39 is 0 Å². The van der Waals surface area contributed by atoms with Gasteiger partial charge in [0.05, 0.1) is 12.3 Å². The third kappa shape index (κ3) is 5.10. The van der Waals surface area contributed by atoms with Crippen LogP contribution in [-0.2, 0) is 6.61 Å². The van der Waals surface area contributed by atoms with Crippen LogP contribution in [0, 0.1) is 6.57 Å². The van der Waals surface area contributed by atoms with Crippen LogP contribution in [0.2, 0.25) is 5.02 Å². The van der Waals surface area contributed by atoms with Gasteiger partial charge in [-0.25, -0.2) is 4.85 Å². The van der Waals surface area contributed by atoms with Crippen molar-refractivity contribution in [3.8, 4) is 39.1 Å². The molecule has 3 nitrogen and oxygen atoms in total. The minimum atomic E-state index is 0.387. The van der Waals surface area contributed by atoms with Crippen molar-refractivity contribution < 1.29 is 4.74 Å². The summed E-state index contributed by atoms with van der Waals surface area (Å²) in [5.41, 5.74) is 15.1. The van der Waals surface area contributed by atoms with Crippen molar-refractivity contribution >= 4 is 23.0 Å². The molecule has 0 radical (unpaired) electrons. The average Bonchev–Trinajstić information content (AvgIpc) is 2.94. The van der Waals surface area contributed by atoms with E-state index in [1.54, 1.807) is 0 Å². The number of nitrogens with zero attached hydrogens (tertiary/aromatic N) is 1. The number of nitrogens with two attached hydrogens (primary N) is 1. The Morgan fingerprint density at radius 3 is 1.86 bits per heavy atom. The molecule has 5 rings (SSSR count). The lowest BCUT2D eigenvalue weighted by molar-refractivity contribution is 0.308. The number of halogens is 1. The maximum absolute atomic E-state index is 7.14. The third-order valence-electron chi connectivity index (χ3n) is 6.08. The molecule has 0 heterocycles. The summed E-state index contributed by atoms with van der Waals surface area (Å²) in [5, 5.41) is 0.692. The molecule has 5 aromatic rings. The molecule has 0 saturated carbocycles. The van der Waals surface area contributed by atoms with E-state index in [4.69, 9.17) is 28.6 Å². The van der Waals surface area contributed by atoms with E-state index in [0.717, 1.165) is 38.9 Å². The minimum absolute atomic E-state index is 0.387. The molecule has 0 atom stereocenters. The van der Waals surface area contributed by atoms with E-state index in [9.17, 15) is 0 Å². The Morgan fingerprint density at radius 1 is 0.667 bits per heavy atom. The summed E-state index contributed by atoms with van der Waals surface area (Å²) in [6, 6.07) is 37.8. The molecule has 0 aliphatic rings. The van der Waals surface area contributed by atoms with E-state index >= 15 is 0 Å². The number of hydrogen-bond donors (Lipinski definition) is 1.